The summed E-state index contributed by atoms with van der Waals surface area (Å²) >= 11 is 0. The number of hydrazine groups is 1. The lowest BCUT2D eigenvalue weighted by Crippen LogP contribution is -2.33. The number of halogens is 1. The Morgan fingerprint density at radius 2 is 1.78 bits per heavy atom. The number of carbonyl (C=O) groups excluding carboxylic acids is 1. The zero-order valence-corrected chi connectivity index (χ0v) is 10.2. The van der Waals surface area contributed by atoms with Gasteiger partial charge >= 0.3 is 0 Å². The van der Waals surface area contributed by atoms with Gasteiger partial charge in [-0.3, -0.25) is 10.2 Å². The molecule has 1 aromatic carbocycles. The minimum absolute atomic E-state index is 0.261. The number of benzene rings is 1. The van der Waals surface area contributed by atoms with Crippen LogP contribution in [0.4, 0.5) is 4.39 Å². The Hall–Kier alpha value is -1.84. The van der Waals surface area contributed by atoms with Gasteiger partial charge in [-0.2, -0.15) is 0 Å². The summed E-state index contributed by atoms with van der Waals surface area (Å²) in [5.74, 6) is -0.605. The van der Waals surface area contributed by atoms with Crippen LogP contribution in [0.25, 0.3) is 0 Å². The molecule has 1 saturated carbocycles. The molecule has 1 fully saturated rings. The van der Waals surface area contributed by atoms with Crippen LogP contribution in [0.15, 0.2) is 36.0 Å². The summed E-state index contributed by atoms with van der Waals surface area (Å²) < 4.78 is 12.7. The zero-order valence-electron chi connectivity index (χ0n) is 10.2. The Balaban J connectivity index is 1.82. The van der Waals surface area contributed by atoms with Crippen molar-refractivity contribution < 1.29 is 9.18 Å². The van der Waals surface area contributed by atoms with Gasteiger partial charge in [0, 0.05) is 11.8 Å². The molecule has 0 saturated heterocycles. The summed E-state index contributed by atoms with van der Waals surface area (Å²) in [7, 11) is 0. The van der Waals surface area contributed by atoms with Crippen molar-refractivity contribution in [2.24, 2.45) is 0 Å². The Labute approximate surface area is 106 Å². The maximum absolute atomic E-state index is 12.7. The lowest BCUT2D eigenvalue weighted by molar-refractivity contribution is 0.0940. The first kappa shape index (κ1) is 12.6. The fourth-order valence-electron chi connectivity index (χ4n) is 2.03. The van der Waals surface area contributed by atoms with Crippen LogP contribution in [0, 0.1) is 5.82 Å². The van der Waals surface area contributed by atoms with Crippen LogP contribution in [0.3, 0.4) is 0 Å². The van der Waals surface area contributed by atoms with Crippen LogP contribution in [-0.2, 0) is 0 Å². The van der Waals surface area contributed by atoms with Crippen molar-refractivity contribution in [2.75, 3.05) is 0 Å². The van der Waals surface area contributed by atoms with Gasteiger partial charge in [-0.05, 0) is 49.9 Å². The van der Waals surface area contributed by atoms with Crippen molar-refractivity contribution >= 4 is 5.91 Å². The van der Waals surface area contributed by atoms with Gasteiger partial charge in [-0.25, -0.2) is 4.39 Å². The van der Waals surface area contributed by atoms with Crippen LogP contribution in [0.2, 0.25) is 0 Å². The molecule has 1 aliphatic carbocycles. The van der Waals surface area contributed by atoms with Crippen molar-refractivity contribution in [1.29, 1.82) is 0 Å². The monoisotopic (exact) mass is 248 g/mol. The van der Waals surface area contributed by atoms with E-state index >= 15 is 0 Å². The third-order valence-electron chi connectivity index (χ3n) is 3.06. The highest BCUT2D eigenvalue weighted by molar-refractivity contribution is 5.93. The fraction of sp³-hybridized carbons (Fsp3) is 0.357. The molecule has 0 aliphatic heterocycles. The lowest BCUT2D eigenvalue weighted by Gasteiger charge is -2.14. The molecule has 96 valence electrons. The first-order valence-electron chi connectivity index (χ1n) is 6.25. The molecule has 0 bridgehead atoms. The normalized spacial score (nSPS) is 15.1. The van der Waals surface area contributed by atoms with Crippen LogP contribution >= 0.6 is 0 Å². The fourth-order valence-corrected chi connectivity index (χ4v) is 2.03. The second-order valence-corrected chi connectivity index (χ2v) is 4.47. The van der Waals surface area contributed by atoms with E-state index in [2.05, 4.69) is 10.9 Å². The molecule has 0 unspecified atom stereocenters. The van der Waals surface area contributed by atoms with Crippen LogP contribution < -0.4 is 10.9 Å². The zero-order chi connectivity index (χ0) is 12.8. The van der Waals surface area contributed by atoms with E-state index in [0.29, 0.717) is 5.56 Å². The minimum Gasteiger partial charge on any atom is -0.306 e. The Bertz CT molecular complexity index is 432. The molecule has 2 rings (SSSR count). The molecule has 1 amide bonds. The minimum atomic E-state index is -0.344. The summed E-state index contributed by atoms with van der Waals surface area (Å²) in [4.78, 5) is 11.7. The van der Waals surface area contributed by atoms with E-state index in [4.69, 9.17) is 0 Å². The summed E-state index contributed by atoms with van der Waals surface area (Å²) in [5.41, 5.74) is 7.16. The molecule has 3 nitrogen and oxygen atoms in total. The molecular formula is C14H17FN2O. The Morgan fingerprint density at radius 3 is 2.44 bits per heavy atom. The molecule has 0 heterocycles. The van der Waals surface area contributed by atoms with Gasteiger partial charge in [0.1, 0.15) is 5.82 Å². The topological polar surface area (TPSA) is 41.1 Å². The van der Waals surface area contributed by atoms with Crippen molar-refractivity contribution in [2.45, 2.75) is 32.1 Å². The van der Waals surface area contributed by atoms with E-state index in [1.807, 2.05) is 6.20 Å². The molecule has 2 N–H and O–H groups in total. The highest BCUT2D eigenvalue weighted by atomic mass is 19.1. The maximum atomic E-state index is 12.7. The first-order valence-corrected chi connectivity index (χ1v) is 6.25. The lowest BCUT2D eigenvalue weighted by atomic mass is 9.96. The van der Waals surface area contributed by atoms with E-state index in [1.54, 1.807) is 0 Å². The molecule has 1 aromatic rings. The van der Waals surface area contributed by atoms with Gasteiger partial charge in [0.15, 0.2) is 0 Å². The van der Waals surface area contributed by atoms with Crippen LogP contribution in [0.5, 0.6) is 0 Å². The molecule has 18 heavy (non-hydrogen) atoms. The standard InChI is InChI=1S/C14H17FN2O/c15-13-8-6-12(7-9-13)14(18)17-16-10-11-4-2-1-3-5-11/h6-10,16H,1-5H2,(H,17,18). The number of carbonyl (C=O) groups is 1. The van der Waals surface area contributed by atoms with Crippen molar-refractivity contribution in [1.82, 2.24) is 10.9 Å². The summed E-state index contributed by atoms with van der Waals surface area (Å²) in [6.07, 6.45) is 7.79. The molecule has 4 heteroatoms. The highest BCUT2D eigenvalue weighted by Gasteiger charge is 2.06. The van der Waals surface area contributed by atoms with Gasteiger partial charge in [0.2, 0.25) is 0 Å². The van der Waals surface area contributed by atoms with Gasteiger partial charge in [-0.1, -0.05) is 12.0 Å². The van der Waals surface area contributed by atoms with E-state index < -0.39 is 0 Å². The van der Waals surface area contributed by atoms with Crippen LogP contribution in [-0.4, -0.2) is 5.91 Å². The van der Waals surface area contributed by atoms with E-state index in [9.17, 15) is 9.18 Å². The van der Waals surface area contributed by atoms with Crippen molar-refractivity contribution in [3.8, 4) is 0 Å². The molecule has 0 spiro atoms. The van der Waals surface area contributed by atoms with E-state index in [1.165, 1.54) is 49.1 Å². The van der Waals surface area contributed by atoms with Gasteiger partial charge in [0.05, 0.1) is 0 Å². The van der Waals surface area contributed by atoms with Gasteiger partial charge in [-0.15, -0.1) is 0 Å². The first-order chi connectivity index (χ1) is 8.75. The van der Waals surface area contributed by atoms with Crippen molar-refractivity contribution in [3.63, 3.8) is 0 Å². The summed E-state index contributed by atoms with van der Waals surface area (Å²) in [5, 5.41) is 0. The SMILES string of the molecule is O=C(NNC=C1CCCCC1)c1ccc(F)cc1. The largest absolute Gasteiger partial charge is 0.306 e. The number of rotatable bonds is 3. The van der Waals surface area contributed by atoms with Gasteiger partial charge < -0.3 is 5.43 Å². The van der Waals surface area contributed by atoms with Crippen LogP contribution in [0.1, 0.15) is 42.5 Å². The number of amides is 1. The predicted octanol–water partition coefficient (Wildman–Crippen LogP) is 2.91. The number of nitrogens with one attached hydrogen (secondary N) is 2. The second-order valence-electron chi connectivity index (χ2n) is 4.47. The molecule has 0 atom stereocenters. The highest BCUT2D eigenvalue weighted by Crippen LogP contribution is 2.21. The average molecular weight is 248 g/mol. The Kier molecular flexibility index (Phi) is 4.34. The van der Waals surface area contributed by atoms with Crippen molar-refractivity contribution in [3.05, 3.63) is 47.4 Å². The number of hydrogen-bond acceptors (Lipinski definition) is 2. The van der Waals surface area contributed by atoms with E-state index in [-0.39, 0.29) is 11.7 Å². The van der Waals surface area contributed by atoms with E-state index in [0.717, 1.165) is 12.8 Å². The smallest absolute Gasteiger partial charge is 0.269 e. The summed E-state index contributed by atoms with van der Waals surface area (Å²) in [6.45, 7) is 0. The molecule has 0 aromatic heterocycles. The third kappa shape index (κ3) is 3.58. The molecule has 0 radical (unpaired) electrons. The second kappa shape index (κ2) is 6.19. The predicted molar refractivity (Wildman–Crippen MR) is 68.2 cm³/mol. The maximum Gasteiger partial charge on any atom is 0.269 e. The Morgan fingerprint density at radius 1 is 1.11 bits per heavy atom. The van der Waals surface area contributed by atoms with Gasteiger partial charge in [0.25, 0.3) is 5.91 Å². The quantitative estimate of drug-likeness (QED) is 0.807. The summed E-state index contributed by atoms with van der Waals surface area (Å²) in [6, 6.07) is 5.46. The molecular weight excluding hydrogens is 231 g/mol. The number of allylic oxidation sites excluding steroid dienone is 1. The number of hydrogen-bond donors (Lipinski definition) is 2. The average Bonchev–Trinajstić information content (AvgIpc) is 2.40. The third-order valence-corrected chi connectivity index (χ3v) is 3.06. The molecule has 1 aliphatic rings.